The number of anilines is 1. The van der Waals surface area contributed by atoms with E-state index in [2.05, 4.69) is 25.1 Å². The van der Waals surface area contributed by atoms with Crippen LogP contribution in [0.5, 0.6) is 0 Å². The monoisotopic (exact) mass is 491 g/mol. The number of carbonyl (C=O) groups excluding carboxylic acids is 1. The van der Waals surface area contributed by atoms with Crippen molar-refractivity contribution in [3.8, 4) is 0 Å². The lowest BCUT2D eigenvalue weighted by Crippen LogP contribution is -2.50. The summed E-state index contributed by atoms with van der Waals surface area (Å²) in [5.74, 6) is -1.05. The molecule has 0 bridgehead atoms. The molecule has 2 aliphatic heterocycles. The maximum Gasteiger partial charge on any atom is 0.263 e. The first-order chi connectivity index (χ1) is 16.5. The molecule has 4 heterocycles. The van der Waals surface area contributed by atoms with Crippen LogP contribution in [0.15, 0.2) is 18.5 Å². The Morgan fingerprint density at radius 3 is 2.71 bits per heavy atom. The van der Waals surface area contributed by atoms with Gasteiger partial charge in [-0.15, -0.1) is 0 Å². The summed E-state index contributed by atoms with van der Waals surface area (Å²) in [6.07, 6.45) is 10.1. The number of hydrogen-bond acceptors (Lipinski definition) is 7. The van der Waals surface area contributed by atoms with Crippen molar-refractivity contribution in [2.75, 3.05) is 37.7 Å². The predicted octanol–water partition coefficient (Wildman–Crippen LogP) is 3.61. The highest BCUT2D eigenvalue weighted by atomic mass is 32.1. The van der Waals surface area contributed by atoms with E-state index in [1.807, 2.05) is 0 Å². The van der Waals surface area contributed by atoms with Crippen LogP contribution in [0.1, 0.15) is 53.9 Å². The first kappa shape index (κ1) is 23.6. The van der Waals surface area contributed by atoms with E-state index in [9.17, 15) is 13.6 Å². The number of piperidine rings is 2. The fourth-order valence-corrected chi connectivity index (χ4v) is 5.64. The molecule has 1 unspecified atom stereocenters. The van der Waals surface area contributed by atoms with Crippen LogP contribution in [0.4, 0.5) is 13.9 Å². The largest absolute Gasteiger partial charge is 0.377 e. The minimum absolute atomic E-state index is 0.000507. The number of rotatable bonds is 8. The SMILES string of the molecule is O=C(NCc1ncc(F)cc1F)c1cnc(N2CCC(N3CCCC(OCC4CC4)C3)CC2)s1. The molecule has 10 heteroatoms. The fourth-order valence-electron chi connectivity index (χ4n) is 4.75. The van der Waals surface area contributed by atoms with Crippen molar-refractivity contribution in [2.45, 2.75) is 57.2 Å². The molecule has 0 radical (unpaired) electrons. The highest BCUT2D eigenvalue weighted by Gasteiger charge is 2.31. The zero-order chi connectivity index (χ0) is 23.5. The maximum atomic E-state index is 13.7. The second kappa shape index (κ2) is 10.6. The fraction of sp³-hybridized carbons (Fsp3) is 0.625. The summed E-state index contributed by atoms with van der Waals surface area (Å²) in [6, 6.07) is 1.33. The van der Waals surface area contributed by atoms with Gasteiger partial charge in [-0.3, -0.25) is 14.7 Å². The molecule has 2 saturated heterocycles. The van der Waals surface area contributed by atoms with Crippen LogP contribution in [-0.2, 0) is 11.3 Å². The van der Waals surface area contributed by atoms with Crippen molar-refractivity contribution in [1.29, 1.82) is 0 Å². The Kier molecular flexibility index (Phi) is 7.36. The van der Waals surface area contributed by atoms with E-state index in [4.69, 9.17) is 4.74 Å². The summed E-state index contributed by atoms with van der Waals surface area (Å²) < 4.78 is 32.9. The second-order valence-corrected chi connectivity index (χ2v) is 10.5. The van der Waals surface area contributed by atoms with Crippen molar-refractivity contribution in [3.05, 3.63) is 40.7 Å². The number of thiazole rings is 1. The molecule has 184 valence electrons. The molecular weight excluding hydrogens is 460 g/mol. The summed E-state index contributed by atoms with van der Waals surface area (Å²) in [4.78, 5) is 25.9. The van der Waals surface area contributed by atoms with Crippen molar-refractivity contribution < 1.29 is 18.3 Å². The molecule has 2 aromatic heterocycles. The van der Waals surface area contributed by atoms with Gasteiger partial charge < -0.3 is 15.0 Å². The number of hydrogen-bond donors (Lipinski definition) is 1. The van der Waals surface area contributed by atoms with Gasteiger partial charge in [0, 0.05) is 38.3 Å². The zero-order valence-electron chi connectivity index (χ0n) is 19.2. The Labute approximate surface area is 202 Å². The summed E-state index contributed by atoms with van der Waals surface area (Å²) in [7, 11) is 0. The zero-order valence-corrected chi connectivity index (χ0v) is 20.0. The normalized spacial score (nSPS) is 22.2. The topological polar surface area (TPSA) is 70.6 Å². The predicted molar refractivity (Wildman–Crippen MR) is 126 cm³/mol. The lowest BCUT2D eigenvalue weighted by atomic mass is 9.99. The first-order valence-electron chi connectivity index (χ1n) is 12.2. The minimum Gasteiger partial charge on any atom is -0.377 e. The number of nitrogens with one attached hydrogen (secondary N) is 1. The standard InChI is InChI=1S/C24H31F2N5O2S/c25-17-10-20(26)21(27-11-17)12-28-23(32)22-13-29-24(34-22)30-8-5-18(6-9-30)31-7-1-2-19(14-31)33-15-16-3-4-16/h10-11,13,16,18-19H,1-9,12,14-15H2,(H,28,32). The molecule has 0 aromatic carbocycles. The van der Waals surface area contributed by atoms with Gasteiger partial charge in [0.05, 0.1) is 30.7 Å². The second-order valence-electron chi connectivity index (χ2n) is 9.53. The van der Waals surface area contributed by atoms with E-state index in [1.54, 1.807) is 6.20 Å². The van der Waals surface area contributed by atoms with Gasteiger partial charge >= 0.3 is 0 Å². The van der Waals surface area contributed by atoms with Crippen LogP contribution < -0.4 is 10.2 Å². The third kappa shape index (κ3) is 5.90. The molecule has 5 rings (SSSR count). The van der Waals surface area contributed by atoms with Crippen molar-refractivity contribution in [3.63, 3.8) is 0 Å². The van der Waals surface area contributed by atoms with E-state index in [0.717, 1.165) is 68.9 Å². The molecule has 7 nitrogen and oxygen atoms in total. The first-order valence-corrected chi connectivity index (χ1v) is 13.0. The van der Waals surface area contributed by atoms with Gasteiger partial charge in [0.25, 0.3) is 5.91 Å². The van der Waals surface area contributed by atoms with E-state index < -0.39 is 11.6 Å². The van der Waals surface area contributed by atoms with Crippen LogP contribution >= 0.6 is 11.3 Å². The van der Waals surface area contributed by atoms with E-state index in [-0.39, 0.29) is 18.1 Å². The molecule has 2 aromatic rings. The average molecular weight is 492 g/mol. The van der Waals surface area contributed by atoms with E-state index in [0.29, 0.717) is 17.0 Å². The van der Waals surface area contributed by atoms with E-state index in [1.165, 1.54) is 37.0 Å². The number of carbonyl (C=O) groups is 1. The van der Waals surface area contributed by atoms with Crippen molar-refractivity contribution in [1.82, 2.24) is 20.2 Å². The van der Waals surface area contributed by atoms with Crippen molar-refractivity contribution in [2.24, 2.45) is 5.92 Å². The Balaban J connectivity index is 1.09. The Bertz CT molecular complexity index is 993. The van der Waals surface area contributed by atoms with E-state index >= 15 is 0 Å². The van der Waals surface area contributed by atoms with Gasteiger partial charge in [-0.25, -0.2) is 13.8 Å². The number of pyridine rings is 1. The number of halogens is 2. The molecular formula is C24H31F2N5O2S. The minimum atomic E-state index is -0.775. The quantitative estimate of drug-likeness (QED) is 0.609. The van der Waals surface area contributed by atoms with Gasteiger partial charge in [-0.1, -0.05) is 11.3 Å². The number of ether oxygens (including phenoxy) is 1. The van der Waals surface area contributed by atoms with Crippen LogP contribution in [0.2, 0.25) is 0 Å². The van der Waals surface area contributed by atoms with Gasteiger partial charge in [-0.2, -0.15) is 0 Å². The Hall–Kier alpha value is -2.17. The van der Waals surface area contributed by atoms with Crippen molar-refractivity contribution >= 4 is 22.4 Å². The summed E-state index contributed by atoms with van der Waals surface area (Å²) in [5, 5.41) is 3.47. The van der Waals surface area contributed by atoms with Crippen LogP contribution in [0.3, 0.4) is 0 Å². The van der Waals surface area contributed by atoms with Gasteiger partial charge in [0.1, 0.15) is 16.5 Å². The Morgan fingerprint density at radius 1 is 1.12 bits per heavy atom. The lowest BCUT2D eigenvalue weighted by molar-refractivity contribution is -0.0197. The molecule has 3 aliphatic rings. The lowest BCUT2D eigenvalue weighted by Gasteiger charge is -2.42. The number of likely N-dealkylation sites (tertiary alicyclic amines) is 1. The summed E-state index contributed by atoms with van der Waals surface area (Å²) in [5.41, 5.74) is -0.000507. The molecule has 3 fully saturated rings. The third-order valence-electron chi connectivity index (χ3n) is 6.94. The maximum absolute atomic E-state index is 13.7. The summed E-state index contributed by atoms with van der Waals surface area (Å²) >= 11 is 1.34. The smallest absolute Gasteiger partial charge is 0.263 e. The number of aromatic nitrogens is 2. The van der Waals surface area contributed by atoms with Crippen LogP contribution in [0, 0.1) is 17.6 Å². The number of nitrogens with zero attached hydrogens (tertiary/aromatic N) is 4. The molecule has 1 saturated carbocycles. The number of amides is 1. The average Bonchev–Trinajstić information content (AvgIpc) is 3.55. The molecule has 34 heavy (non-hydrogen) atoms. The highest BCUT2D eigenvalue weighted by Crippen LogP contribution is 2.31. The molecule has 0 spiro atoms. The highest BCUT2D eigenvalue weighted by molar-refractivity contribution is 7.17. The molecule has 1 amide bonds. The molecule has 1 atom stereocenters. The Morgan fingerprint density at radius 2 is 1.94 bits per heavy atom. The van der Waals surface area contributed by atoms with Crippen LogP contribution in [-0.4, -0.2) is 65.7 Å². The van der Waals surface area contributed by atoms with Crippen LogP contribution in [0.25, 0.3) is 0 Å². The van der Waals surface area contributed by atoms with Gasteiger partial charge in [-0.05, 0) is 51.0 Å². The van der Waals surface area contributed by atoms with Gasteiger partial charge in [0.15, 0.2) is 5.13 Å². The van der Waals surface area contributed by atoms with Gasteiger partial charge in [0.2, 0.25) is 0 Å². The molecule has 1 N–H and O–H groups in total. The third-order valence-corrected chi connectivity index (χ3v) is 8.00. The molecule has 1 aliphatic carbocycles. The summed E-state index contributed by atoms with van der Waals surface area (Å²) in [6.45, 7) is 4.85.